The first-order valence-corrected chi connectivity index (χ1v) is 6.12. The average Bonchev–Trinajstić information content (AvgIpc) is 2.71. The Morgan fingerprint density at radius 3 is 2.89 bits per heavy atom. The molecule has 0 saturated carbocycles. The lowest BCUT2D eigenvalue weighted by molar-refractivity contribution is 0.619. The highest BCUT2D eigenvalue weighted by molar-refractivity contribution is 5.51. The minimum Gasteiger partial charge on any atom is -0.381 e. The number of aromatic nitrogens is 2. The molecule has 1 heterocycles. The molecular formula is C14H18FN3. The van der Waals surface area contributed by atoms with Crippen molar-refractivity contribution in [1.29, 1.82) is 0 Å². The molecule has 96 valence electrons. The van der Waals surface area contributed by atoms with Gasteiger partial charge in [0.25, 0.3) is 0 Å². The second kappa shape index (κ2) is 5.21. The van der Waals surface area contributed by atoms with Crippen molar-refractivity contribution in [2.75, 3.05) is 5.32 Å². The molecular weight excluding hydrogens is 229 g/mol. The van der Waals surface area contributed by atoms with Crippen LogP contribution >= 0.6 is 0 Å². The maximum Gasteiger partial charge on any atom is 0.128 e. The van der Waals surface area contributed by atoms with Gasteiger partial charge in [0.2, 0.25) is 0 Å². The molecule has 0 aliphatic heterocycles. The molecule has 0 radical (unpaired) electrons. The molecule has 0 amide bonds. The van der Waals surface area contributed by atoms with E-state index in [-0.39, 0.29) is 5.82 Å². The standard InChI is InChI=1S/C14H18FN3/c1-4-13-11(9-18(3)17-13)8-16-14-7-5-6-12(15)10(14)2/h5-7,9,16H,4,8H2,1-3H3. The van der Waals surface area contributed by atoms with E-state index in [9.17, 15) is 4.39 Å². The van der Waals surface area contributed by atoms with Crippen LogP contribution in [0.2, 0.25) is 0 Å². The summed E-state index contributed by atoms with van der Waals surface area (Å²) in [5.41, 5.74) is 3.73. The second-order valence-corrected chi connectivity index (χ2v) is 4.39. The van der Waals surface area contributed by atoms with Crippen LogP contribution in [0.5, 0.6) is 0 Å². The van der Waals surface area contributed by atoms with E-state index >= 15 is 0 Å². The van der Waals surface area contributed by atoms with Gasteiger partial charge in [-0.3, -0.25) is 4.68 Å². The zero-order valence-electron chi connectivity index (χ0n) is 11.0. The summed E-state index contributed by atoms with van der Waals surface area (Å²) in [6.07, 6.45) is 2.90. The van der Waals surface area contributed by atoms with Crippen LogP contribution in [0.15, 0.2) is 24.4 Å². The lowest BCUT2D eigenvalue weighted by Crippen LogP contribution is -2.03. The summed E-state index contributed by atoms with van der Waals surface area (Å²) in [5.74, 6) is -0.179. The average molecular weight is 247 g/mol. The summed E-state index contributed by atoms with van der Waals surface area (Å²) in [4.78, 5) is 0. The number of anilines is 1. The fourth-order valence-electron chi connectivity index (χ4n) is 2.02. The third-order valence-corrected chi connectivity index (χ3v) is 3.06. The van der Waals surface area contributed by atoms with Gasteiger partial charge in [-0.2, -0.15) is 5.10 Å². The van der Waals surface area contributed by atoms with Crippen molar-refractivity contribution in [1.82, 2.24) is 9.78 Å². The van der Waals surface area contributed by atoms with E-state index in [4.69, 9.17) is 0 Å². The molecule has 0 spiro atoms. The molecule has 0 aliphatic carbocycles. The molecule has 0 atom stereocenters. The second-order valence-electron chi connectivity index (χ2n) is 4.39. The van der Waals surface area contributed by atoms with E-state index in [1.54, 1.807) is 13.0 Å². The smallest absolute Gasteiger partial charge is 0.128 e. The van der Waals surface area contributed by atoms with Gasteiger partial charge >= 0.3 is 0 Å². The molecule has 0 saturated heterocycles. The number of nitrogens with zero attached hydrogens (tertiary/aromatic N) is 2. The summed E-state index contributed by atoms with van der Waals surface area (Å²) in [6, 6.07) is 5.08. The van der Waals surface area contributed by atoms with E-state index in [0.717, 1.165) is 23.4 Å². The highest BCUT2D eigenvalue weighted by atomic mass is 19.1. The summed E-state index contributed by atoms with van der Waals surface area (Å²) >= 11 is 0. The summed E-state index contributed by atoms with van der Waals surface area (Å²) in [7, 11) is 1.91. The van der Waals surface area contributed by atoms with Crippen LogP contribution in [0.1, 0.15) is 23.7 Å². The van der Waals surface area contributed by atoms with Crippen molar-refractivity contribution in [3.8, 4) is 0 Å². The number of halogens is 1. The predicted molar refractivity (Wildman–Crippen MR) is 71.0 cm³/mol. The lowest BCUT2D eigenvalue weighted by atomic mass is 10.1. The molecule has 4 heteroatoms. The van der Waals surface area contributed by atoms with Gasteiger partial charge in [0, 0.05) is 36.6 Å². The Balaban J connectivity index is 2.13. The van der Waals surface area contributed by atoms with Crippen molar-refractivity contribution >= 4 is 5.69 Å². The van der Waals surface area contributed by atoms with E-state index in [1.165, 1.54) is 6.07 Å². The molecule has 2 rings (SSSR count). The van der Waals surface area contributed by atoms with Crippen LogP contribution in [-0.2, 0) is 20.0 Å². The van der Waals surface area contributed by atoms with Crippen LogP contribution in [0.3, 0.4) is 0 Å². The molecule has 1 N–H and O–H groups in total. The van der Waals surface area contributed by atoms with Gasteiger partial charge in [0.05, 0.1) is 5.69 Å². The fourth-order valence-corrected chi connectivity index (χ4v) is 2.02. The zero-order valence-corrected chi connectivity index (χ0v) is 11.0. The molecule has 1 aromatic heterocycles. The summed E-state index contributed by atoms with van der Waals surface area (Å²) in [6.45, 7) is 4.53. The molecule has 0 aliphatic rings. The Bertz CT molecular complexity index is 546. The lowest BCUT2D eigenvalue weighted by Gasteiger charge is -2.09. The largest absolute Gasteiger partial charge is 0.381 e. The molecule has 1 aromatic carbocycles. The van der Waals surface area contributed by atoms with Crippen LogP contribution < -0.4 is 5.32 Å². The van der Waals surface area contributed by atoms with Crippen LogP contribution in [-0.4, -0.2) is 9.78 Å². The molecule has 0 unspecified atom stereocenters. The first-order valence-electron chi connectivity index (χ1n) is 6.12. The SMILES string of the molecule is CCc1nn(C)cc1CNc1cccc(F)c1C. The van der Waals surface area contributed by atoms with E-state index in [0.29, 0.717) is 12.1 Å². The van der Waals surface area contributed by atoms with Crippen molar-refractivity contribution in [2.24, 2.45) is 7.05 Å². The van der Waals surface area contributed by atoms with Crippen molar-refractivity contribution in [2.45, 2.75) is 26.8 Å². The molecule has 3 nitrogen and oxygen atoms in total. The highest BCUT2D eigenvalue weighted by Crippen LogP contribution is 2.19. The first kappa shape index (κ1) is 12.6. The van der Waals surface area contributed by atoms with Crippen LogP contribution in [0, 0.1) is 12.7 Å². The maximum absolute atomic E-state index is 13.4. The highest BCUT2D eigenvalue weighted by Gasteiger charge is 2.07. The van der Waals surface area contributed by atoms with Crippen molar-refractivity contribution < 1.29 is 4.39 Å². The van der Waals surface area contributed by atoms with Gasteiger partial charge in [0.1, 0.15) is 5.82 Å². The Morgan fingerprint density at radius 2 is 2.17 bits per heavy atom. The van der Waals surface area contributed by atoms with Gasteiger partial charge in [0.15, 0.2) is 0 Å². The molecule has 2 aromatic rings. The Labute approximate surface area is 107 Å². The third-order valence-electron chi connectivity index (χ3n) is 3.06. The Hall–Kier alpha value is -1.84. The van der Waals surface area contributed by atoms with Crippen molar-refractivity contribution in [3.63, 3.8) is 0 Å². The van der Waals surface area contributed by atoms with Crippen LogP contribution in [0.4, 0.5) is 10.1 Å². The third kappa shape index (κ3) is 2.53. The van der Waals surface area contributed by atoms with Gasteiger partial charge in [-0.25, -0.2) is 4.39 Å². The molecule has 18 heavy (non-hydrogen) atoms. The zero-order chi connectivity index (χ0) is 13.1. The quantitative estimate of drug-likeness (QED) is 0.900. The molecule has 0 bridgehead atoms. The monoisotopic (exact) mass is 247 g/mol. The number of nitrogens with one attached hydrogen (secondary N) is 1. The van der Waals surface area contributed by atoms with E-state index in [1.807, 2.05) is 24.0 Å². The first-order chi connectivity index (χ1) is 8.61. The van der Waals surface area contributed by atoms with Gasteiger partial charge in [-0.15, -0.1) is 0 Å². The minimum absolute atomic E-state index is 0.179. The number of hydrogen-bond acceptors (Lipinski definition) is 2. The minimum atomic E-state index is -0.179. The normalized spacial score (nSPS) is 10.7. The Kier molecular flexibility index (Phi) is 3.65. The van der Waals surface area contributed by atoms with Crippen molar-refractivity contribution in [3.05, 3.63) is 47.0 Å². The fraction of sp³-hybridized carbons (Fsp3) is 0.357. The number of rotatable bonds is 4. The topological polar surface area (TPSA) is 29.9 Å². The number of benzene rings is 1. The Morgan fingerprint density at radius 1 is 1.39 bits per heavy atom. The van der Waals surface area contributed by atoms with E-state index < -0.39 is 0 Å². The van der Waals surface area contributed by atoms with Gasteiger partial charge in [-0.05, 0) is 25.5 Å². The molecule has 0 fully saturated rings. The number of aryl methyl sites for hydroxylation is 2. The van der Waals surface area contributed by atoms with Crippen LogP contribution in [0.25, 0.3) is 0 Å². The predicted octanol–water partition coefficient (Wildman–Crippen LogP) is 3.04. The van der Waals surface area contributed by atoms with Gasteiger partial charge in [-0.1, -0.05) is 13.0 Å². The maximum atomic E-state index is 13.4. The summed E-state index contributed by atoms with van der Waals surface area (Å²) < 4.78 is 15.2. The summed E-state index contributed by atoms with van der Waals surface area (Å²) in [5, 5.41) is 7.65. The number of hydrogen-bond donors (Lipinski definition) is 1. The van der Waals surface area contributed by atoms with Gasteiger partial charge < -0.3 is 5.32 Å². The van der Waals surface area contributed by atoms with E-state index in [2.05, 4.69) is 17.3 Å².